The SMILES string of the molecule is COc1ncc(-c2nc3c([nH]2)c(=O)n(C)c(=O)n3C)cn1. The van der Waals surface area contributed by atoms with E-state index in [-0.39, 0.29) is 17.2 Å². The van der Waals surface area contributed by atoms with Crippen molar-refractivity contribution in [2.45, 2.75) is 0 Å². The maximum atomic E-state index is 12.1. The van der Waals surface area contributed by atoms with Crippen LogP contribution in [0.1, 0.15) is 0 Å². The minimum Gasteiger partial charge on any atom is -0.467 e. The summed E-state index contributed by atoms with van der Waals surface area (Å²) in [5.74, 6) is 0.408. The predicted octanol–water partition coefficient (Wildman–Crippen LogP) is -0.574. The first-order chi connectivity index (χ1) is 10.0. The second-order valence-electron chi connectivity index (χ2n) is 4.45. The van der Waals surface area contributed by atoms with Crippen molar-refractivity contribution in [3.63, 3.8) is 0 Å². The molecule has 3 rings (SSSR count). The summed E-state index contributed by atoms with van der Waals surface area (Å²) < 4.78 is 7.21. The van der Waals surface area contributed by atoms with E-state index in [0.717, 1.165) is 4.57 Å². The van der Waals surface area contributed by atoms with Crippen LogP contribution in [-0.2, 0) is 14.1 Å². The number of methoxy groups -OCH3 is 1. The van der Waals surface area contributed by atoms with Crippen LogP contribution < -0.4 is 16.0 Å². The molecule has 0 aliphatic carbocycles. The van der Waals surface area contributed by atoms with Crippen molar-refractivity contribution in [2.75, 3.05) is 7.11 Å². The van der Waals surface area contributed by atoms with Gasteiger partial charge in [-0.15, -0.1) is 0 Å². The van der Waals surface area contributed by atoms with Crippen molar-refractivity contribution in [1.82, 2.24) is 29.1 Å². The van der Waals surface area contributed by atoms with Crippen LogP contribution >= 0.6 is 0 Å². The third kappa shape index (κ3) is 1.90. The first-order valence-corrected chi connectivity index (χ1v) is 6.05. The van der Waals surface area contributed by atoms with Crippen molar-refractivity contribution >= 4 is 11.2 Å². The molecule has 0 aliphatic rings. The van der Waals surface area contributed by atoms with Crippen LogP contribution in [0.25, 0.3) is 22.6 Å². The van der Waals surface area contributed by atoms with Crippen LogP contribution in [0.3, 0.4) is 0 Å². The van der Waals surface area contributed by atoms with Crippen LogP contribution in [0.5, 0.6) is 6.01 Å². The number of rotatable bonds is 2. The topological polar surface area (TPSA) is 108 Å². The fraction of sp³-hybridized carbons (Fsp3) is 0.250. The van der Waals surface area contributed by atoms with E-state index in [1.54, 1.807) is 7.05 Å². The lowest BCUT2D eigenvalue weighted by atomic mass is 10.3. The number of imidazole rings is 1. The van der Waals surface area contributed by atoms with E-state index in [1.807, 2.05) is 0 Å². The molecule has 0 spiro atoms. The van der Waals surface area contributed by atoms with Crippen LogP contribution in [0.2, 0.25) is 0 Å². The van der Waals surface area contributed by atoms with Gasteiger partial charge in [-0.25, -0.2) is 19.7 Å². The van der Waals surface area contributed by atoms with E-state index in [4.69, 9.17) is 4.74 Å². The van der Waals surface area contributed by atoms with Crippen molar-refractivity contribution < 1.29 is 4.74 Å². The molecule has 3 aromatic rings. The van der Waals surface area contributed by atoms with E-state index in [2.05, 4.69) is 19.9 Å². The number of ether oxygens (including phenoxy) is 1. The van der Waals surface area contributed by atoms with Gasteiger partial charge in [0.25, 0.3) is 5.56 Å². The van der Waals surface area contributed by atoms with Gasteiger partial charge < -0.3 is 9.72 Å². The number of hydrogen-bond acceptors (Lipinski definition) is 6. The average Bonchev–Trinajstić information content (AvgIpc) is 2.96. The summed E-state index contributed by atoms with van der Waals surface area (Å²) in [7, 11) is 4.44. The van der Waals surface area contributed by atoms with Gasteiger partial charge >= 0.3 is 11.7 Å². The zero-order chi connectivity index (χ0) is 15.1. The Balaban J connectivity index is 2.26. The molecule has 9 nitrogen and oxygen atoms in total. The third-order valence-corrected chi connectivity index (χ3v) is 3.18. The lowest BCUT2D eigenvalue weighted by Crippen LogP contribution is -2.36. The molecule has 0 amide bonds. The Bertz CT molecular complexity index is 935. The molecule has 0 fully saturated rings. The van der Waals surface area contributed by atoms with Crippen LogP contribution in [0, 0.1) is 0 Å². The van der Waals surface area contributed by atoms with E-state index in [1.165, 1.54) is 31.1 Å². The van der Waals surface area contributed by atoms with Crippen molar-refractivity contribution in [3.8, 4) is 17.4 Å². The number of H-pyrrole nitrogens is 1. The number of fused-ring (bicyclic) bond motifs is 1. The number of hydrogen-bond donors (Lipinski definition) is 1. The molecule has 0 atom stereocenters. The van der Waals surface area contributed by atoms with Crippen LogP contribution in [0.15, 0.2) is 22.0 Å². The van der Waals surface area contributed by atoms with Gasteiger partial charge in [0.1, 0.15) is 11.3 Å². The van der Waals surface area contributed by atoms with E-state index < -0.39 is 11.2 Å². The van der Waals surface area contributed by atoms with Gasteiger partial charge in [-0.1, -0.05) is 0 Å². The van der Waals surface area contributed by atoms with E-state index in [0.29, 0.717) is 11.4 Å². The van der Waals surface area contributed by atoms with Crippen LogP contribution in [0.4, 0.5) is 0 Å². The maximum Gasteiger partial charge on any atom is 0.332 e. The van der Waals surface area contributed by atoms with Gasteiger partial charge in [0.05, 0.1) is 12.7 Å². The molecule has 0 aliphatic heterocycles. The Kier molecular flexibility index (Phi) is 2.82. The Labute approximate surface area is 117 Å². The molecule has 1 N–H and O–H groups in total. The fourth-order valence-corrected chi connectivity index (χ4v) is 2.01. The first kappa shape index (κ1) is 13.0. The third-order valence-electron chi connectivity index (χ3n) is 3.18. The van der Waals surface area contributed by atoms with Gasteiger partial charge in [0.2, 0.25) is 0 Å². The van der Waals surface area contributed by atoms with Crippen LogP contribution in [-0.4, -0.2) is 36.2 Å². The highest BCUT2D eigenvalue weighted by Crippen LogP contribution is 2.17. The van der Waals surface area contributed by atoms with Crippen molar-refractivity contribution in [2.24, 2.45) is 14.1 Å². The highest BCUT2D eigenvalue weighted by Gasteiger charge is 2.14. The minimum atomic E-state index is -0.434. The molecular weight excluding hydrogens is 276 g/mol. The smallest absolute Gasteiger partial charge is 0.332 e. The lowest BCUT2D eigenvalue weighted by Gasteiger charge is -2.00. The van der Waals surface area contributed by atoms with E-state index >= 15 is 0 Å². The Hall–Kier alpha value is -2.97. The lowest BCUT2D eigenvalue weighted by molar-refractivity contribution is 0.380. The number of nitrogens with one attached hydrogen (secondary N) is 1. The highest BCUT2D eigenvalue weighted by atomic mass is 16.5. The summed E-state index contributed by atoms with van der Waals surface area (Å²) in [5, 5.41) is 0. The number of aromatic amines is 1. The molecule has 108 valence electrons. The van der Waals surface area contributed by atoms with Crippen molar-refractivity contribution in [3.05, 3.63) is 33.2 Å². The molecule has 0 unspecified atom stereocenters. The summed E-state index contributed by atoms with van der Waals surface area (Å²) in [6, 6.07) is 0.234. The zero-order valence-electron chi connectivity index (χ0n) is 11.6. The average molecular weight is 288 g/mol. The van der Waals surface area contributed by atoms with Gasteiger partial charge in [0, 0.05) is 26.5 Å². The summed E-state index contributed by atoms with van der Waals surface area (Å²) in [4.78, 5) is 39.1. The molecule has 0 bridgehead atoms. The summed E-state index contributed by atoms with van der Waals surface area (Å²) >= 11 is 0. The van der Waals surface area contributed by atoms with Gasteiger partial charge in [-0.2, -0.15) is 0 Å². The summed E-state index contributed by atoms with van der Waals surface area (Å²) in [6.45, 7) is 0. The van der Waals surface area contributed by atoms with E-state index in [9.17, 15) is 9.59 Å². The van der Waals surface area contributed by atoms with Gasteiger partial charge in [-0.3, -0.25) is 13.9 Å². The second-order valence-corrected chi connectivity index (χ2v) is 4.45. The Morgan fingerprint density at radius 3 is 2.43 bits per heavy atom. The maximum absolute atomic E-state index is 12.1. The molecule has 21 heavy (non-hydrogen) atoms. The largest absolute Gasteiger partial charge is 0.467 e. The van der Waals surface area contributed by atoms with Crippen molar-refractivity contribution in [1.29, 1.82) is 0 Å². The predicted molar refractivity (Wildman–Crippen MR) is 74.2 cm³/mol. The zero-order valence-corrected chi connectivity index (χ0v) is 11.6. The Morgan fingerprint density at radius 1 is 1.14 bits per heavy atom. The van der Waals surface area contributed by atoms with Gasteiger partial charge in [0.15, 0.2) is 5.65 Å². The molecular formula is C12H12N6O3. The number of aryl methyl sites for hydroxylation is 1. The molecule has 9 heteroatoms. The molecule has 0 saturated heterocycles. The normalized spacial score (nSPS) is 11.0. The minimum absolute atomic E-state index is 0.234. The molecule has 0 saturated carbocycles. The highest BCUT2D eigenvalue weighted by molar-refractivity contribution is 5.75. The number of nitrogens with zero attached hydrogens (tertiary/aromatic N) is 5. The first-order valence-electron chi connectivity index (χ1n) is 6.05. The quantitative estimate of drug-likeness (QED) is 0.676. The molecule has 0 aromatic carbocycles. The molecule has 3 aromatic heterocycles. The fourth-order valence-electron chi connectivity index (χ4n) is 2.01. The van der Waals surface area contributed by atoms with Gasteiger partial charge in [-0.05, 0) is 0 Å². The monoisotopic (exact) mass is 288 g/mol. The summed E-state index contributed by atoms with van der Waals surface area (Å²) in [5.41, 5.74) is 0.263. The Morgan fingerprint density at radius 2 is 1.81 bits per heavy atom. The summed E-state index contributed by atoms with van der Waals surface area (Å²) in [6.07, 6.45) is 3.04. The molecule has 3 heterocycles. The second kappa shape index (κ2) is 4.54. The standard InChI is InChI=1S/C12H12N6O3/c1-17-9-7(10(19)18(2)12(17)20)15-8(16-9)6-4-13-11(21-3)14-5-6/h4-5H,1-3H3,(H,15,16). The molecule has 0 radical (unpaired) electrons. The number of aromatic nitrogens is 6.